The van der Waals surface area contributed by atoms with E-state index in [0.717, 1.165) is 18.6 Å². The topological polar surface area (TPSA) is 74.2 Å². The number of rotatable bonds is 7. The van der Waals surface area contributed by atoms with Gasteiger partial charge in [0, 0.05) is 6.42 Å². The number of nitrogens with zero attached hydrogens (tertiary/aromatic N) is 2. The zero-order valence-corrected chi connectivity index (χ0v) is 12.0. The van der Waals surface area contributed by atoms with Crippen molar-refractivity contribution in [3.05, 3.63) is 42.0 Å². The zero-order valence-electron chi connectivity index (χ0n) is 12.0. The zero-order chi connectivity index (χ0) is 14.4. The van der Waals surface area contributed by atoms with Gasteiger partial charge < -0.3 is 15.0 Å². The molecule has 0 aliphatic rings. The summed E-state index contributed by atoms with van der Waals surface area (Å²) in [5.74, 6) is 1.98. The number of nitrogens with two attached hydrogens (primary N) is 1. The van der Waals surface area contributed by atoms with Crippen molar-refractivity contribution in [1.82, 2.24) is 10.1 Å². The SMILES string of the molecule is CCC(N)(CC)c1nc(CCOc2ccccc2)no1. The minimum atomic E-state index is -0.522. The van der Waals surface area contributed by atoms with Gasteiger partial charge in [0.15, 0.2) is 5.82 Å². The van der Waals surface area contributed by atoms with Crippen LogP contribution in [0.25, 0.3) is 0 Å². The van der Waals surface area contributed by atoms with E-state index in [1.54, 1.807) is 0 Å². The minimum Gasteiger partial charge on any atom is -0.493 e. The van der Waals surface area contributed by atoms with Crippen molar-refractivity contribution in [3.63, 3.8) is 0 Å². The molecule has 0 fully saturated rings. The van der Waals surface area contributed by atoms with Gasteiger partial charge in [0.1, 0.15) is 5.75 Å². The Morgan fingerprint density at radius 2 is 1.90 bits per heavy atom. The smallest absolute Gasteiger partial charge is 0.246 e. The maximum Gasteiger partial charge on any atom is 0.246 e. The van der Waals surface area contributed by atoms with Crippen LogP contribution in [0.3, 0.4) is 0 Å². The lowest BCUT2D eigenvalue weighted by atomic mass is 9.94. The maximum absolute atomic E-state index is 6.22. The molecule has 0 saturated heterocycles. The Morgan fingerprint density at radius 3 is 2.55 bits per heavy atom. The van der Waals surface area contributed by atoms with Crippen molar-refractivity contribution in [2.75, 3.05) is 6.61 Å². The normalized spacial score (nSPS) is 11.6. The lowest BCUT2D eigenvalue weighted by Gasteiger charge is -2.20. The summed E-state index contributed by atoms with van der Waals surface area (Å²) in [7, 11) is 0. The molecule has 0 spiro atoms. The van der Waals surface area contributed by atoms with Gasteiger partial charge in [0.25, 0.3) is 0 Å². The number of hydrogen-bond donors (Lipinski definition) is 1. The number of ether oxygens (including phenoxy) is 1. The highest BCUT2D eigenvalue weighted by Crippen LogP contribution is 2.23. The number of benzene rings is 1. The van der Waals surface area contributed by atoms with Gasteiger partial charge in [0.2, 0.25) is 5.89 Å². The van der Waals surface area contributed by atoms with Crippen molar-refractivity contribution >= 4 is 0 Å². The number of hydrogen-bond acceptors (Lipinski definition) is 5. The third-order valence-corrected chi connectivity index (χ3v) is 3.49. The molecule has 2 N–H and O–H groups in total. The molecule has 0 unspecified atom stereocenters. The standard InChI is InChI=1S/C15H21N3O2/c1-3-15(16,4-2)14-17-13(18-20-14)10-11-19-12-8-6-5-7-9-12/h5-9H,3-4,10-11,16H2,1-2H3. The van der Waals surface area contributed by atoms with E-state index in [0.29, 0.717) is 24.7 Å². The third-order valence-electron chi connectivity index (χ3n) is 3.49. The molecule has 1 aromatic heterocycles. The fraction of sp³-hybridized carbons (Fsp3) is 0.467. The molecule has 1 aromatic carbocycles. The Hall–Kier alpha value is -1.88. The summed E-state index contributed by atoms with van der Waals surface area (Å²) in [4.78, 5) is 4.37. The van der Waals surface area contributed by atoms with Crippen LogP contribution in [0.4, 0.5) is 0 Å². The van der Waals surface area contributed by atoms with Crippen molar-refractivity contribution in [3.8, 4) is 5.75 Å². The van der Waals surface area contributed by atoms with E-state index in [1.807, 2.05) is 44.2 Å². The van der Waals surface area contributed by atoms with Gasteiger partial charge >= 0.3 is 0 Å². The molecule has 0 amide bonds. The molecule has 0 atom stereocenters. The molecule has 2 rings (SSSR count). The fourth-order valence-electron chi connectivity index (χ4n) is 1.89. The average molecular weight is 275 g/mol. The average Bonchev–Trinajstić information content (AvgIpc) is 2.97. The Kier molecular flexibility index (Phi) is 4.74. The van der Waals surface area contributed by atoms with Gasteiger partial charge in [-0.25, -0.2) is 0 Å². The molecular weight excluding hydrogens is 254 g/mol. The molecule has 2 aromatic rings. The first-order valence-electron chi connectivity index (χ1n) is 6.97. The minimum absolute atomic E-state index is 0.511. The number of para-hydroxylation sites is 1. The second-order valence-electron chi connectivity index (χ2n) is 4.79. The van der Waals surface area contributed by atoms with Crippen molar-refractivity contribution in [1.29, 1.82) is 0 Å². The van der Waals surface area contributed by atoms with E-state index < -0.39 is 5.54 Å². The highest BCUT2D eigenvalue weighted by Gasteiger charge is 2.29. The molecule has 5 nitrogen and oxygen atoms in total. The molecule has 0 aliphatic carbocycles. The van der Waals surface area contributed by atoms with Gasteiger partial charge in [-0.1, -0.05) is 37.2 Å². The maximum atomic E-state index is 6.22. The lowest BCUT2D eigenvalue weighted by Crippen LogP contribution is -2.35. The summed E-state index contributed by atoms with van der Waals surface area (Å²) < 4.78 is 10.9. The van der Waals surface area contributed by atoms with Crippen LogP contribution in [0.2, 0.25) is 0 Å². The molecular formula is C15H21N3O2. The third kappa shape index (κ3) is 3.36. The van der Waals surface area contributed by atoms with Gasteiger partial charge in [-0.2, -0.15) is 4.98 Å². The van der Waals surface area contributed by atoms with Crippen molar-refractivity contribution in [2.24, 2.45) is 5.73 Å². The Bertz CT molecular complexity index is 521. The Balaban J connectivity index is 1.90. The quantitative estimate of drug-likeness (QED) is 0.840. The van der Waals surface area contributed by atoms with Gasteiger partial charge in [0.05, 0.1) is 12.1 Å². The highest BCUT2D eigenvalue weighted by atomic mass is 16.5. The van der Waals surface area contributed by atoms with E-state index in [9.17, 15) is 0 Å². The summed E-state index contributed by atoms with van der Waals surface area (Å²) >= 11 is 0. The second kappa shape index (κ2) is 6.52. The van der Waals surface area contributed by atoms with Crippen LogP contribution in [-0.2, 0) is 12.0 Å². The molecule has 0 radical (unpaired) electrons. The molecule has 0 aliphatic heterocycles. The largest absolute Gasteiger partial charge is 0.493 e. The second-order valence-corrected chi connectivity index (χ2v) is 4.79. The number of aromatic nitrogens is 2. The molecule has 5 heteroatoms. The van der Waals surface area contributed by atoms with Crippen LogP contribution < -0.4 is 10.5 Å². The molecule has 20 heavy (non-hydrogen) atoms. The van der Waals surface area contributed by atoms with Gasteiger partial charge in [-0.3, -0.25) is 0 Å². The van der Waals surface area contributed by atoms with E-state index in [-0.39, 0.29) is 0 Å². The molecule has 1 heterocycles. The van der Waals surface area contributed by atoms with E-state index in [2.05, 4.69) is 10.1 Å². The van der Waals surface area contributed by atoms with Crippen LogP contribution in [-0.4, -0.2) is 16.7 Å². The van der Waals surface area contributed by atoms with Crippen LogP contribution in [0.5, 0.6) is 5.75 Å². The monoisotopic (exact) mass is 275 g/mol. The summed E-state index contributed by atoms with van der Waals surface area (Å²) in [5.41, 5.74) is 5.70. The molecule has 0 saturated carbocycles. The summed E-state index contributed by atoms with van der Waals surface area (Å²) in [6.45, 7) is 4.55. The first-order chi connectivity index (χ1) is 9.68. The summed E-state index contributed by atoms with van der Waals surface area (Å²) in [6.07, 6.45) is 2.14. The van der Waals surface area contributed by atoms with Crippen molar-refractivity contribution < 1.29 is 9.26 Å². The van der Waals surface area contributed by atoms with E-state index >= 15 is 0 Å². The predicted molar refractivity (Wildman–Crippen MR) is 76.4 cm³/mol. The Labute approximate surface area is 119 Å². The first-order valence-corrected chi connectivity index (χ1v) is 6.97. The summed E-state index contributed by atoms with van der Waals surface area (Å²) in [5, 5.41) is 3.96. The predicted octanol–water partition coefficient (Wildman–Crippen LogP) is 2.67. The first kappa shape index (κ1) is 14.5. The van der Waals surface area contributed by atoms with E-state index in [4.69, 9.17) is 15.0 Å². The lowest BCUT2D eigenvalue weighted by molar-refractivity contribution is 0.265. The molecule has 108 valence electrons. The Morgan fingerprint density at radius 1 is 1.20 bits per heavy atom. The summed E-state index contributed by atoms with van der Waals surface area (Å²) in [6, 6.07) is 9.66. The fourth-order valence-corrected chi connectivity index (χ4v) is 1.89. The van der Waals surface area contributed by atoms with Crippen molar-refractivity contribution in [2.45, 2.75) is 38.6 Å². The van der Waals surface area contributed by atoms with Crippen LogP contribution in [0.1, 0.15) is 38.4 Å². The van der Waals surface area contributed by atoms with Crippen LogP contribution in [0.15, 0.2) is 34.9 Å². The van der Waals surface area contributed by atoms with Crippen LogP contribution in [0, 0.1) is 0 Å². The van der Waals surface area contributed by atoms with Gasteiger partial charge in [-0.05, 0) is 25.0 Å². The van der Waals surface area contributed by atoms with E-state index in [1.165, 1.54) is 0 Å². The molecule has 0 bridgehead atoms. The highest BCUT2D eigenvalue weighted by molar-refractivity contribution is 5.20. The van der Waals surface area contributed by atoms with Gasteiger partial charge in [-0.15, -0.1) is 0 Å². The van der Waals surface area contributed by atoms with Crippen LogP contribution >= 0.6 is 0 Å².